The Bertz CT molecular complexity index is 1490. The Kier molecular flexibility index (Phi) is 8.87. The van der Waals surface area contributed by atoms with Crippen molar-refractivity contribution >= 4 is 24.8 Å². The molecule has 3 heterocycles. The van der Waals surface area contributed by atoms with Crippen LogP contribution in [0.1, 0.15) is 44.7 Å². The highest BCUT2D eigenvalue weighted by Gasteiger charge is 2.58. The first kappa shape index (κ1) is 30.0. The number of aliphatic hydroxyl groups excluding tert-OH is 2. The largest absolute Gasteiger partial charge is 0.462 e. The number of anilines is 1. The van der Waals surface area contributed by atoms with Gasteiger partial charge in [-0.3, -0.25) is 9.32 Å². The molecule has 1 saturated heterocycles. The third-order valence-electron chi connectivity index (χ3n) is 7.75. The number of carbonyl (C=O) groups excluding carboxylic acids is 1. The van der Waals surface area contributed by atoms with E-state index in [-0.39, 0.29) is 23.7 Å². The highest BCUT2D eigenvalue weighted by Crippen LogP contribution is 2.51. The van der Waals surface area contributed by atoms with Crippen LogP contribution in [0.2, 0.25) is 0 Å². The van der Waals surface area contributed by atoms with Crippen LogP contribution < -0.4 is 10.3 Å². The summed E-state index contributed by atoms with van der Waals surface area (Å²) in [5.74, 6) is -1.05. The van der Waals surface area contributed by atoms with Crippen molar-refractivity contribution < 1.29 is 38.1 Å². The van der Waals surface area contributed by atoms with Crippen molar-refractivity contribution in [2.75, 3.05) is 18.5 Å². The average molecular weight is 599 g/mol. The Morgan fingerprint density at radius 1 is 1.21 bits per heavy atom. The molecule has 12 nitrogen and oxygen atoms in total. The van der Waals surface area contributed by atoms with E-state index in [1.54, 1.807) is 49.4 Å². The Morgan fingerprint density at radius 2 is 1.95 bits per heavy atom. The Labute approximate surface area is 243 Å². The van der Waals surface area contributed by atoms with Crippen LogP contribution in [-0.4, -0.2) is 63.0 Å². The lowest BCUT2D eigenvalue weighted by Crippen LogP contribution is -2.41. The number of nitrogens with two attached hydrogens (primary N) is 1. The van der Waals surface area contributed by atoms with Gasteiger partial charge >= 0.3 is 13.6 Å². The lowest BCUT2D eigenvalue weighted by atomic mass is 9.92. The summed E-state index contributed by atoms with van der Waals surface area (Å²) in [7, 11) is -4.05. The number of rotatable bonds is 10. The normalized spacial score (nSPS) is 26.8. The second kappa shape index (κ2) is 12.4. The van der Waals surface area contributed by atoms with Crippen LogP contribution in [0.5, 0.6) is 5.75 Å². The summed E-state index contributed by atoms with van der Waals surface area (Å²) in [5, 5.41) is 36.3. The smallest absolute Gasteiger partial charge is 0.380 e. The standard InChI is InChI=1S/C29H35N4O8P/c1-19(28(36)39-20-8-4-2-5-9-20)17-42(37,41-21-10-6-3-7-11-21)38-16-24-26(34)27(35)29(18-30,40-24)25-13-12-23-22(31)14-15-32-33(23)25/h3,6-7,10-15,19-20,24,26-27,34-35H,2,4-5,8-9,16-17,31H2,1H3/t19-,24-,26-,27-,29+,42?/m1/s1. The maximum absolute atomic E-state index is 14.1. The fourth-order valence-corrected chi connectivity index (χ4v) is 7.32. The summed E-state index contributed by atoms with van der Waals surface area (Å²) >= 11 is 0. The lowest BCUT2D eigenvalue weighted by molar-refractivity contribution is -0.154. The van der Waals surface area contributed by atoms with Crippen molar-refractivity contribution in [2.24, 2.45) is 5.92 Å². The van der Waals surface area contributed by atoms with E-state index in [0.717, 1.165) is 32.1 Å². The summed E-state index contributed by atoms with van der Waals surface area (Å²) < 4.78 is 38.6. The first-order valence-corrected chi connectivity index (χ1v) is 15.8. The molecular formula is C29H35N4O8P. The molecule has 224 valence electrons. The molecule has 1 aromatic carbocycles. The molecule has 2 aliphatic rings. The van der Waals surface area contributed by atoms with E-state index >= 15 is 0 Å². The van der Waals surface area contributed by atoms with Gasteiger partial charge in [-0.05, 0) is 56.0 Å². The molecule has 0 radical (unpaired) electrons. The summed E-state index contributed by atoms with van der Waals surface area (Å²) in [4.78, 5) is 12.9. The van der Waals surface area contributed by atoms with Gasteiger partial charge in [-0.2, -0.15) is 10.4 Å². The zero-order chi connectivity index (χ0) is 29.9. The van der Waals surface area contributed by atoms with Gasteiger partial charge in [0.2, 0.25) is 5.60 Å². The molecule has 5 rings (SSSR count). The van der Waals surface area contributed by atoms with Crippen LogP contribution in [0.15, 0.2) is 54.7 Å². The minimum absolute atomic E-state index is 0.157. The van der Waals surface area contributed by atoms with Gasteiger partial charge in [0.25, 0.3) is 0 Å². The van der Waals surface area contributed by atoms with Crippen molar-refractivity contribution in [1.29, 1.82) is 5.26 Å². The zero-order valence-corrected chi connectivity index (χ0v) is 24.1. The van der Waals surface area contributed by atoms with Crippen LogP contribution in [0, 0.1) is 17.2 Å². The Balaban J connectivity index is 1.34. The number of carbonyl (C=O) groups is 1. The first-order valence-electron chi connectivity index (χ1n) is 14.0. The van der Waals surface area contributed by atoms with E-state index in [9.17, 15) is 24.8 Å². The topological polar surface area (TPSA) is 179 Å². The maximum atomic E-state index is 14.1. The van der Waals surface area contributed by atoms with E-state index in [1.165, 1.54) is 16.8 Å². The summed E-state index contributed by atoms with van der Waals surface area (Å²) in [6, 6.07) is 15.1. The number of nitrogens with zero attached hydrogens (tertiary/aromatic N) is 3. The van der Waals surface area contributed by atoms with E-state index in [1.807, 2.05) is 6.07 Å². The quantitative estimate of drug-likeness (QED) is 0.229. The molecule has 3 aromatic rings. The summed E-state index contributed by atoms with van der Waals surface area (Å²) in [5.41, 5.74) is 5.03. The number of para-hydroxylation sites is 1. The van der Waals surface area contributed by atoms with Crippen molar-refractivity contribution in [3.8, 4) is 11.8 Å². The highest BCUT2D eigenvalue weighted by molar-refractivity contribution is 7.54. The SMILES string of the molecule is C[C@H](CP(=O)(OC[C@H]1O[C@@](C#N)(c2ccc3c(N)ccnn23)[C@H](O)[C@@H]1O)Oc1ccccc1)C(=O)OC1CCCCC1. The predicted molar refractivity (Wildman–Crippen MR) is 151 cm³/mol. The molecule has 6 atom stereocenters. The predicted octanol–water partition coefficient (Wildman–Crippen LogP) is 3.56. The third kappa shape index (κ3) is 6.02. The Morgan fingerprint density at radius 3 is 2.67 bits per heavy atom. The number of fused-ring (bicyclic) bond motifs is 1. The molecule has 1 saturated carbocycles. The maximum Gasteiger partial charge on any atom is 0.380 e. The number of benzene rings is 1. The molecule has 2 fully saturated rings. The number of aliphatic hydroxyl groups is 2. The number of nitriles is 1. The van der Waals surface area contributed by atoms with E-state index in [4.69, 9.17) is 24.3 Å². The average Bonchev–Trinajstić information content (AvgIpc) is 3.53. The minimum atomic E-state index is -4.05. The molecule has 13 heteroatoms. The second-order valence-corrected chi connectivity index (χ2v) is 12.9. The van der Waals surface area contributed by atoms with Gasteiger partial charge in [-0.25, -0.2) is 9.08 Å². The monoisotopic (exact) mass is 598 g/mol. The van der Waals surface area contributed by atoms with E-state index < -0.39 is 50.0 Å². The highest BCUT2D eigenvalue weighted by atomic mass is 31.2. The van der Waals surface area contributed by atoms with Crippen LogP contribution in [0.25, 0.3) is 5.52 Å². The van der Waals surface area contributed by atoms with E-state index in [2.05, 4.69) is 5.10 Å². The van der Waals surface area contributed by atoms with Gasteiger partial charge < -0.3 is 29.9 Å². The zero-order valence-electron chi connectivity index (χ0n) is 23.2. The molecule has 42 heavy (non-hydrogen) atoms. The van der Waals surface area contributed by atoms with Crippen molar-refractivity contribution in [3.63, 3.8) is 0 Å². The molecule has 1 aliphatic heterocycles. The number of hydrogen-bond donors (Lipinski definition) is 3. The fraction of sp³-hybridized carbons (Fsp3) is 0.483. The van der Waals surface area contributed by atoms with Crippen LogP contribution in [0.4, 0.5) is 5.69 Å². The number of esters is 1. The molecule has 0 spiro atoms. The number of aromatic nitrogens is 2. The molecule has 1 unspecified atom stereocenters. The molecule has 4 N–H and O–H groups in total. The Hall–Kier alpha value is -3.46. The summed E-state index contributed by atoms with van der Waals surface area (Å²) in [6.45, 7) is 1.09. The summed E-state index contributed by atoms with van der Waals surface area (Å²) in [6.07, 6.45) is 1.11. The third-order valence-corrected chi connectivity index (χ3v) is 9.78. The van der Waals surface area contributed by atoms with Gasteiger partial charge in [-0.15, -0.1) is 0 Å². The van der Waals surface area contributed by atoms with Gasteiger partial charge in [0, 0.05) is 6.20 Å². The molecule has 2 aromatic heterocycles. The molecule has 1 aliphatic carbocycles. The molecule has 0 amide bonds. The van der Waals surface area contributed by atoms with Gasteiger partial charge in [-0.1, -0.05) is 31.5 Å². The van der Waals surface area contributed by atoms with E-state index in [0.29, 0.717) is 11.2 Å². The molecule has 0 bridgehead atoms. The second-order valence-electron chi connectivity index (χ2n) is 10.8. The minimum Gasteiger partial charge on any atom is -0.462 e. The van der Waals surface area contributed by atoms with Gasteiger partial charge in [0.05, 0.1) is 35.6 Å². The van der Waals surface area contributed by atoms with Crippen molar-refractivity contribution in [2.45, 2.75) is 69.0 Å². The fourth-order valence-electron chi connectivity index (χ4n) is 5.45. The van der Waals surface area contributed by atoms with Crippen molar-refractivity contribution in [1.82, 2.24) is 9.61 Å². The van der Waals surface area contributed by atoms with Crippen LogP contribution >= 0.6 is 7.60 Å². The lowest BCUT2D eigenvalue weighted by Gasteiger charge is -2.26. The van der Waals surface area contributed by atoms with Crippen LogP contribution in [0.3, 0.4) is 0 Å². The number of nitrogen functional groups attached to an aromatic ring is 1. The van der Waals surface area contributed by atoms with Gasteiger partial charge in [0.1, 0.15) is 36.2 Å². The first-order chi connectivity index (χ1) is 20.2. The van der Waals surface area contributed by atoms with Crippen molar-refractivity contribution in [3.05, 3.63) is 60.4 Å². The van der Waals surface area contributed by atoms with Gasteiger partial charge in [0.15, 0.2) is 0 Å². The number of hydrogen-bond acceptors (Lipinski definition) is 11. The number of ether oxygens (including phenoxy) is 2. The molecular weight excluding hydrogens is 563 g/mol. The van der Waals surface area contributed by atoms with Crippen LogP contribution in [-0.2, 0) is 29.0 Å².